The molecule has 0 N–H and O–H groups in total. The van der Waals surface area contributed by atoms with Crippen LogP contribution in [0.5, 0.6) is 0 Å². The molecule has 0 spiro atoms. The van der Waals surface area contributed by atoms with E-state index in [0.29, 0.717) is 17.0 Å². The van der Waals surface area contributed by atoms with Gasteiger partial charge in [0.15, 0.2) is 5.58 Å². The first-order chi connectivity index (χ1) is 8.72. The summed E-state index contributed by atoms with van der Waals surface area (Å²) in [6.07, 6.45) is 0. The van der Waals surface area contributed by atoms with Crippen molar-refractivity contribution in [2.45, 2.75) is 24.3 Å². The van der Waals surface area contributed by atoms with Gasteiger partial charge in [-0.15, -0.1) is 10.2 Å². The van der Waals surface area contributed by atoms with Crippen LogP contribution >= 0.6 is 11.8 Å². The Hall–Kier alpha value is -1.82. The van der Waals surface area contributed by atoms with Crippen molar-refractivity contribution >= 4 is 22.9 Å². The van der Waals surface area contributed by atoms with Gasteiger partial charge in [0.1, 0.15) is 5.52 Å². The first kappa shape index (κ1) is 11.3. The third-order valence-corrected chi connectivity index (χ3v) is 3.37. The van der Waals surface area contributed by atoms with Gasteiger partial charge in [0, 0.05) is 6.92 Å². The highest BCUT2D eigenvalue weighted by molar-refractivity contribution is 7.99. The molecule has 2 heterocycles. The summed E-state index contributed by atoms with van der Waals surface area (Å²) < 4.78 is 11.0. The van der Waals surface area contributed by atoms with E-state index in [2.05, 4.69) is 15.2 Å². The number of hydrogen-bond acceptors (Lipinski definition) is 6. The molecule has 1 atom stereocenters. The number of oxazole rings is 1. The zero-order valence-electron chi connectivity index (χ0n) is 9.95. The molecule has 1 unspecified atom stereocenters. The lowest BCUT2D eigenvalue weighted by atomic mass is 10.3. The van der Waals surface area contributed by atoms with Crippen LogP contribution < -0.4 is 0 Å². The van der Waals surface area contributed by atoms with E-state index in [0.717, 1.165) is 11.1 Å². The van der Waals surface area contributed by atoms with E-state index < -0.39 is 0 Å². The summed E-state index contributed by atoms with van der Waals surface area (Å²) in [5, 5.41) is 8.42. The summed E-state index contributed by atoms with van der Waals surface area (Å²) in [4.78, 5) is 4.39. The average Bonchev–Trinajstić information content (AvgIpc) is 2.94. The highest BCUT2D eigenvalue weighted by Gasteiger charge is 2.17. The molecule has 3 rings (SSSR count). The topological polar surface area (TPSA) is 65.0 Å². The number of para-hydroxylation sites is 2. The summed E-state index contributed by atoms with van der Waals surface area (Å²) in [6.45, 7) is 3.75. The molecule has 6 heteroatoms. The van der Waals surface area contributed by atoms with Gasteiger partial charge in [0.05, 0.1) is 5.25 Å². The van der Waals surface area contributed by atoms with Crippen molar-refractivity contribution in [1.82, 2.24) is 15.2 Å². The highest BCUT2D eigenvalue weighted by Crippen LogP contribution is 2.34. The fourth-order valence-corrected chi connectivity index (χ4v) is 2.37. The molecule has 0 amide bonds. The van der Waals surface area contributed by atoms with Crippen molar-refractivity contribution in [3.63, 3.8) is 0 Å². The fourth-order valence-electron chi connectivity index (χ4n) is 1.58. The van der Waals surface area contributed by atoms with Gasteiger partial charge in [-0.25, -0.2) is 4.98 Å². The monoisotopic (exact) mass is 261 g/mol. The smallest absolute Gasteiger partial charge is 0.257 e. The molecule has 18 heavy (non-hydrogen) atoms. The molecule has 2 aromatic heterocycles. The Morgan fingerprint density at radius 3 is 2.72 bits per heavy atom. The molecular weight excluding hydrogens is 250 g/mol. The zero-order chi connectivity index (χ0) is 12.5. The van der Waals surface area contributed by atoms with E-state index in [4.69, 9.17) is 8.83 Å². The lowest BCUT2D eigenvalue weighted by molar-refractivity contribution is 0.463. The quantitative estimate of drug-likeness (QED) is 0.673. The number of hydrogen-bond donors (Lipinski definition) is 0. The second-order valence-electron chi connectivity index (χ2n) is 3.87. The Bertz CT molecular complexity index is 644. The van der Waals surface area contributed by atoms with Crippen molar-refractivity contribution in [2.24, 2.45) is 0 Å². The SMILES string of the molecule is Cc1nnc(C(C)Sc2nc3ccccc3o2)o1. The van der Waals surface area contributed by atoms with Gasteiger partial charge < -0.3 is 8.83 Å². The number of aryl methyl sites for hydroxylation is 1. The standard InChI is InChI=1S/C12H11N3O2S/c1-7(11-15-14-8(2)16-11)18-12-13-9-5-3-4-6-10(9)17-12/h3-7H,1-2H3. The summed E-state index contributed by atoms with van der Waals surface area (Å²) in [5.74, 6) is 1.15. The Balaban J connectivity index is 1.83. The predicted molar refractivity (Wildman–Crippen MR) is 67.3 cm³/mol. The van der Waals surface area contributed by atoms with Crippen LogP contribution in [0.4, 0.5) is 0 Å². The van der Waals surface area contributed by atoms with E-state index in [9.17, 15) is 0 Å². The molecule has 1 aromatic carbocycles. The molecule has 0 saturated carbocycles. The van der Waals surface area contributed by atoms with Gasteiger partial charge in [-0.3, -0.25) is 0 Å². The number of nitrogens with zero attached hydrogens (tertiary/aromatic N) is 3. The summed E-state index contributed by atoms with van der Waals surface area (Å²) >= 11 is 1.46. The van der Waals surface area contributed by atoms with Crippen molar-refractivity contribution in [1.29, 1.82) is 0 Å². The minimum atomic E-state index is 0.0132. The van der Waals surface area contributed by atoms with E-state index in [1.54, 1.807) is 6.92 Å². The molecule has 5 nitrogen and oxygen atoms in total. The molecule has 0 radical (unpaired) electrons. The van der Waals surface area contributed by atoms with Crippen LogP contribution in [0.2, 0.25) is 0 Å². The minimum absolute atomic E-state index is 0.0132. The van der Waals surface area contributed by atoms with Gasteiger partial charge in [0.25, 0.3) is 5.22 Å². The maximum Gasteiger partial charge on any atom is 0.257 e. The van der Waals surface area contributed by atoms with Crippen molar-refractivity contribution in [3.8, 4) is 0 Å². The van der Waals surface area contributed by atoms with Crippen LogP contribution in [0.25, 0.3) is 11.1 Å². The van der Waals surface area contributed by atoms with Crippen LogP contribution in [0.1, 0.15) is 24.0 Å². The van der Waals surface area contributed by atoms with Gasteiger partial charge in [0.2, 0.25) is 11.8 Å². The minimum Gasteiger partial charge on any atom is -0.431 e. The molecule has 0 bridgehead atoms. The summed E-state index contributed by atoms with van der Waals surface area (Å²) in [7, 11) is 0. The van der Waals surface area contributed by atoms with Gasteiger partial charge in [-0.2, -0.15) is 0 Å². The van der Waals surface area contributed by atoms with Crippen LogP contribution in [0, 0.1) is 6.92 Å². The third kappa shape index (κ3) is 2.11. The van der Waals surface area contributed by atoms with Crippen LogP contribution in [0.3, 0.4) is 0 Å². The number of fused-ring (bicyclic) bond motifs is 1. The molecule has 0 aliphatic rings. The fraction of sp³-hybridized carbons (Fsp3) is 0.250. The van der Waals surface area contributed by atoms with E-state index in [1.165, 1.54) is 11.8 Å². The van der Waals surface area contributed by atoms with E-state index in [1.807, 2.05) is 31.2 Å². The summed E-state index contributed by atoms with van der Waals surface area (Å²) in [5.41, 5.74) is 1.64. The zero-order valence-corrected chi connectivity index (χ0v) is 10.8. The van der Waals surface area contributed by atoms with Gasteiger partial charge in [-0.05, 0) is 19.1 Å². The Morgan fingerprint density at radius 2 is 2.00 bits per heavy atom. The highest BCUT2D eigenvalue weighted by atomic mass is 32.2. The first-order valence-electron chi connectivity index (χ1n) is 5.54. The maximum atomic E-state index is 5.63. The van der Waals surface area contributed by atoms with Crippen molar-refractivity contribution in [3.05, 3.63) is 36.0 Å². The Kier molecular flexibility index (Phi) is 2.79. The van der Waals surface area contributed by atoms with Gasteiger partial charge >= 0.3 is 0 Å². The second-order valence-corrected chi connectivity index (χ2v) is 5.16. The van der Waals surface area contributed by atoms with Crippen LogP contribution in [0.15, 0.2) is 38.3 Å². The molecule has 0 aliphatic heterocycles. The summed E-state index contributed by atoms with van der Waals surface area (Å²) in [6, 6.07) is 7.68. The Morgan fingerprint density at radius 1 is 1.17 bits per heavy atom. The number of benzene rings is 1. The van der Waals surface area contributed by atoms with E-state index in [-0.39, 0.29) is 5.25 Å². The van der Waals surface area contributed by atoms with Gasteiger partial charge in [-0.1, -0.05) is 23.9 Å². The predicted octanol–water partition coefficient (Wildman–Crippen LogP) is 3.37. The molecule has 0 aliphatic carbocycles. The normalized spacial score (nSPS) is 13.0. The van der Waals surface area contributed by atoms with Crippen LogP contribution in [-0.2, 0) is 0 Å². The molecule has 92 valence electrons. The number of rotatable bonds is 3. The largest absolute Gasteiger partial charge is 0.431 e. The maximum absolute atomic E-state index is 5.63. The Labute approximate surface area is 108 Å². The number of aromatic nitrogens is 3. The third-order valence-electron chi connectivity index (χ3n) is 2.44. The molecule has 3 aromatic rings. The van der Waals surface area contributed by atoms with Crippen LogP contribution in [-0.4, -0.2) is 15.2 Å². The lowest BCUT2D eigenvalue weighted by Crippen LogP contribution is -1.88. The molecular formula is C12H11N3O2S. The molecule has 0 fully saturated rings. The first-order valence-corrected chi connectivity index (χ1v) is 6.42. The average molecular weight is 261 g/mol. The van der Waals surface area contributed by atoms with Crippen molar-refractivity contribution in [2.75, 3.05) is 0 Å². The number of thioether (sulfide) groups is 1. The molecule has 0 saturated heterocycles. The van der Waals surface area contributed by atoms with Crippen molar-refractivity contribution < 1.29 is 8.83 Å². The van der Waals surface area contributed by atoms with E-state index >= 15 is 0 Å². The second kappa shape index (κ2) is 4.45. The lowest BCUT2D eigenvalue weighted by Gasteiger charge is -2.01.